The van der Waals surface area contributed by atoms with Crippen molar-refractivity contribution in [1.29, 1.82) is 0 Å². The van der Waals surface area contributed by atoms with Crippen LogP contribution in [0.3, 0.4) is 0 Å². The second-order valence-electron chi connectivity index (χ2n) is 7.77. The molecule has 1 aromatic heterocycles. The van der Waals surface area contributed by atoms with E-state index in [0.717, 1.165) is 34.3 Å². The molecule has 2 N–H and O–H groups in total. The number of benzene rings is 3. The summed E-state index contributed by atoms with van der Waals surface area (Å²) in [6.45, 7) is 2.50. The molecule has 0 bridgehead atoms. The van der Waals surface area contributed by atoms with E-state index >= 15 is 0 Å². The number of carbonyl (C=O) groups excluding carboxylic acids is 2. The monoisotopic (exact) mass is 428 g/mol. The number of hydrogen-bond donors (Lipinski definition) is 2. The van der Waals surface area contributed by atoms with Crippen LogP contribution in [0.2, 0.25) is 0 Å². The van der Waals surface area contributed by atoms with Gasteiger partial charge in [-0.2, -0.15) is 0 Å². The van der Waals surface area contributed by atoms with E-state index in [1.807, 2.05) is 31.2 Å². The number of halogens is 1. The molecule has 0 saturated carbocycles. The van der Waals surface area contributed by atoms with Gasteiger partial charge in [0.2, 0.25) is 5.91 Å². The van der Waals surface area contributed by atoms with Crippen LogP contribution in [0.4, 0.5) is 15.8 Å². The quantitative estimate of drug-likeness (QED) is 0.484. The lowest BCUT2D eigenvalue weighted by Crippen LogP contribution is -2.27. The van der Waals surface area contributed by atoms with E-state index in [4.69, 9.17) is 0 Å². The Balaban J connectivity index is 1.36. The van der Waals surface area contributed by atoms with Gasteiger partial charge in [-0.15, -0.1) is 0 Å². The van der Waals surface area contributed by atoms with Crippen molar-refractivity contribution in [1.82, 2.24) is 9.97 Å². The van der Waals surface area contributed by atoms with Gasteiger partial charge in [-0.05, 0) is 72.6 Å². The number of nitrogens with zero attached hydrogens (tertiary/aromatic N) is 2. The van der Waals surface area contributed by atoms with Crippen molar-refractivity contribution in [2.45, 2.75) is 19.8 Å². The Kier molecular flexibility index (Phi) is 4.93. The zero-order valence-electron chi connectivity index (χ0n) is 17.5. The lowest BCUT2D eigenvalue weighted by atomic mass is 10.1. The summed E-state index contributed by atoms with van der Waals surface area (Å²) in [6, 6.07) is 17.0. The van der Waals surface area contributed by atoms with Crippen LogP contribution in [0.1, 0.15) is 29.3 Å². The second kappa shape index (κ2) is 7.92. The third-order valence-electron chi connectivity index (χ3n) is 5.70. The van der Waals surface area contributed by atoms with Gasteiger partial charge in [0.15, 0.2) is 0 Å². The fourth-order valence-electron chi connectivity index (χ4n) is 4.03. The van der Waals surface area contributed by atoms with Crippen molar-refractivity contribution in [2.24, 2.45) is 0 Å². The van der Waals surface area contributed by atoms with Gasteiger partial charge in [-0.3, -0.25) is 9.59 Å². The standard InChI is InChI=1S/C25H21FN4O2/c1-2-23(31)30-12-11-16-13-17(5-10-22(16)30)25(32)27-19-8-9-20-21(14-19)29-24(28-20)15-3-6-18(26)7-4-15/h3-10,13-14H,2,11-12H2,1H3,(H,27,32)(H,28,29). The third-order valence-corrected chi connectivity index (χ3v) is 5.70. The highest BCUT2D eigenvalue weighted by molar-refractivity contribution is 6.06. The van der Waals surface area contributed by atoms with E-state index in [1.54, 1.807) is 29.2 Å². The summed E-state index contributed by atoms with van der Waals surface area (Å²) in [5.41, 5.74) is 5.38. The van der Waals surface area contributed by atoms with E-state index in [9.17, 15) is 14.0 Å². The topological polar surface area (TPSA) is 78.1 Å². The van der Waals surface area contributed by atoms with E-state index in [1.165, 1.54) is 12.1 Å². The van der Waals surface area contributed by atoms with Crippen molar-refractivity contribution in [2.75, 3.05) is 16.8 Å². The first-order chi connectivity index (χ1) is 15.5. The number of hydrogen-bond acceptors (Lipinski definition) is 3. The summed E-state index contributed by atoms with van der Waals surface area (Å²) in [6.07, 6.45) is 1.20. The Labute approximate surface area is 184 Å². The lowest BCUT2D eigenvalue weighted by molar-refractivity contribution is -0.118. The average Bonchev–Trinajstić information content (AvgIpc) is 3.42. The number of fused-ring (bicyclic) bond motifs is 2. The molecule has 3 aromatic carbocycles. The molecule has 0 aliphatic carbocycles. The van der Waals surface area contributed by atoms with Crippen LogP contribution in [0.5, 0.6) is 0 Å². The summed E-state index contributed by atoms with van der Waals surface area (Å²) in [5, 5.41) is 2.93. The normalized spacial score (nSPS) is 12.8. The van der Waals surface area contributed by atoms with Crippen LogP contribution < -0.4 is 10.2 Å². The van der Waals surface area contributed by atoms with Gasteiger partial charge in [0, 0.05) is 35.5 Å². The van der Waals surface area contributed by atoms with Crippen molar-refractivity contribution in [3.05, 3.63) is 77.6 Å². The fourth-order valence-corrected chi connectivity index (χ4v) is 4.03. The number of amides is 2. The molecule has 1 aliphatic heterocycles. The minimum absolute atomic E-state index is 0.0915. The van der Waals surface area contributed by atoms with Crippen LogP contribution in [0.15, 0.2) is 60.7 Å². The van der Waals surface area contributed by atoms with Crippen LogP contribution in [0.25, 0.3) is 22.4 Å². The minimum atomic E-state index is -0.300. The fraction of sp³-hybridized carbons (Fsp3) is 0.160. The largest absolute Gasteiger partial charge is 0.338 e. The van der Waals surface area contributed by atoms with E-state index in [2.05, 4.69) is 15.3 Å². The summed E-state index contributed by atoms with van der Waals surface area (Å²) >= 11 is 0. The molecule has 0 fully saturated rings. The van der Waals surface area contributed by atoms with Gasteiger partial charge in [0.25, 0.3) is 5.91 Å². The van der Waals surface area contributed by atoms with Crippen molar-refractivity contribution in [3.8, 4) is 11.4 Å². The first kappa shape index (κ1) is 19.9. The average molecular weight is 428 g/mol. The molecule has 4 aromatic rings. The summed E-state index contributed by atoms with van der Waals surface area (Å²) in [5.74, 6) is 0.207. The Morgan fingerprint density at radius 3 is 2.69 bits per heavy atom. The molecular formula is C25H21FN4O2. The summed E-state index contributed by atoms with van der Waals surface area (Å²) in [4.78, 5) is 34.4. The highest BCUT2D eigenvalue weighted by Crippen LogP contribution is 2.30. The smallest absolute Gasteiger partial charge is 0.255 e. The van der Waals surface area contributed by atoms with E-state index in [0.29, 0.717) is 30.0 Å². The third kappa shape index (κ3) is 3.62. The van der Waals surface area contributed by atoms with Crippen molar-refractivity contribution in [3.63, 3.8) is 0 Å². The molecule has 0 saturated heterocycles. The summed E-state index contributed by atoms with van der Waals surface area (Å²) < 4.78 is 13.2. The van der Waals surface area contributed by atoms with Crippen molar-refractivity contribution >= 4 is 34.2 Å². The first-order valence-electron chi connectivity index (χ1n) is 10.5. The summed E-state index contributed by atoms with van der Waals surface area (Å²) in [7, 11) is 0. The number of carbonyl (C=O) groups is 2. The highest BCUT2D eigenvalue weighted by atomic mass is 19.1. The lowest BCUT2D eigenvalue weighted by Gasteiger charge is -2.16. The van der Waals surface area contributed by atoms with Gasteiger partial charge in [0.1, 0.15) is 11.6 Å². The Hall–Kier alpha value is -4.00. The molecule has 2 amide bonds. The highest BCUT2D eigenvalue weighted by Gasteiger charge is 2.24. The maximum atomic E-state index is 13.2. The Bertz CT molecular complexity index is 1340. The molecule has 0 atom stereocenters. The van der Waals surface area contributed by atoms with Crippen LogP contribution in [-0.4, -0.2) is 28.3 Å². The van der Waals surface area contributed by atoms with Crippen LogP contribution >= 0.6 is 0 Å². The van der Waals surface area contributed by atoms with E-state index < -0.39 is 0 Å². The first-order valence-corrected chi connectivity index (χ1v) is 10.5. The number of imidazole rings is 1. The Morgan fingerprint density at radius 1 is 1.09 bits per heavy atom. The van der Waals surface area contributed by atoms with Gasteiger partial charge >= 0.3 is 0 Å². The molecule has 6 nitrogen and oxygen atoms in total. The number of aromatic amines is 1. The molecule has 5 rings (SSSR count). The number of H-pyrrole nitrogens is 1. The molecule has 2 heterocycles. The van der Waals surface area contributed by atoms with Gasteiger partial charge < -0.3 is 15.2 Å². The van der Waals surface area contributed by atoms with Gasteiger partial charge in [-0.25, -0.2) is 9.37 Å². The Morgan fingerprint density at radius 2 is 1.91 bits per heavy atom. The zero-order chi connectivity index (χ0) is 22.2. The van der Waals surface area contributed by atoms with Crippen LogP contribution in [-0.2, 0) is 11.2 Å². The number of anilines is 2. The predicted molar refractivity (Wildman–Crippen MR) is 122 cm³/mol. The molecule has 0 spiro atoms. The molecule has 7 heteroatoms. The number of aromatic nitrogens is 2. The molecule has 160 valence electrons. The SMILES string of the molecule is CCC(=O)N1CCc2cc(C(=O)Nc3ccc4nc(-c5ccc(F)cc5)[nH]c4c3)ccc21. The molecule has 32 heavy (non-hydrogen) atoms. The van der Waals surface area contributed by atoms with Crippen LogP contribution in [0, 0.1) is 5.82 Å². The second-order valence-corrected chi connectivity index (χ2v) is 7.77. The molecule has 0 radical (unpaired) electrons. The molecular weight excluding hydrogens is 407 g/mol. The van der Waals surface area contributed by atoms with Crippen molar-refractivity contribution < 1.29 is 14.0 Å². The van der Waals surface area contributed by atoms with Gasteiger partial charge in [-0.1, -0.05) is 6.92 Å². The zero-order valence-corrected chi connectivity index (χ0v) is 17.5. The van der Waals surface area contributed by atoms with E-state index in [-0.39, 0.29) is 17.6 Å². The minimum Gasteiger partial charge on any atom is -0.338 e. The predicted octanol–water partition coefficient (Wildman–Crippen LogP) is 4.92. The maximum Gasteiger partial charge on any atom is 0.255 e. The molecule has 0 unspecified atom stereocenters. The molecule has 1 aliphatic rings. The number of rotatable bonds is 4. The maximum absolute atomic E-state index is 13.2. The number of nitrogens with one attached hydrogen (secondary N) is 2. The van der Waals surface area contributed by atoms with Gasteiger partial charge in [0.05, 0.1) is 11.0 Å².